The molecule has 0 bridgehead atoms. The first kappa shape index (κ1) is 18.3. The molecule has 0 radical (unpaired) electrons. The van der Waals surface area contributed by atoms with E-state index in [0.717, 1.165) is 35.1 Å². The molecule has 4 aromatic rings. The quantitative estimate of drug-likeness (QED) is 0.515. The van der Waals surface area contributed by atoms with Crippen molar-refractivity contribution in [2.45, 2.75) is 13.0 Å². The Morgan fingerprint density at radius 2 is 1.67 bits per heavy atom. The molecule has 0 saturated heterocycles. The number of benzene rings is 3. The standard InChI is InChI=1S/C25H22N4O/c30-25(28-16-14-21(15-17-28)20-6-2-1-3-7-20)22-12-10-19(11-13-22)18-29-24-9-5-4-8-23(24)26-27-29/h1-14H,15-18H2. The van der Waals surface area contributed by atoms with Gasteiger partial charge in [-0.3, -0.25) is 4.79 Å². The number of rotatable bonds is 4. The van der Waals surface area contributed by atoms with Crippen LogP contribution in [-0.2, 0) is 6.54 Å². The van der Waals surface area contributed by atoms with Gasteiger partial charge in [-0.05, 0) is 47.4 Å². The number of hydrogen-bond acceptors (Lipinski definition) is 3. The van der Waals surface area contributed by atoms with Crippen molar-refractivity contribution in [2.75, 3.05) is 13.1 Å². The predicted molar refractivity (Wildman–Crippen MR) is 118 cm³/mol. The van der Waals surface area contributed by atoms with Crippen LogP contribution in [0.5, 0.6) is 0 Å². The Bertz CT molecular complexity index is 1210. The lowest BCUT2D eigenvalue weighted by Crippen LogP contribution is -2.34. The van der Waals surface area contributed by atoms with E-state index in [2.05, 4.69) is 40.7 Å². The molecule has 0 atom stereocenters. The SMILES string of the molecule is O=C(c1ccc(Cn2nnc3ccccc32)cc1)N1CC=C(c2ccccc2)CC1. The molecular weight excluding hydrogens is 372 g/mol. The van der Waals surface area contributed by atoms with E-state index in [1.807, 2.05) is 64.2 Å². The third-order valence-corrected chi connectivity index (χ3v) is 5.59. The van der Waals surface area contributed by atoms with E-state index in [9.17, 15) is 4.79 Å². The number of nitrogens with zero attached hydrogens (tertiary/aromatic N) is 4. The molecule has 0 saturated carbocycles. The fourth-order valence-electron chi connectivity index (χ4n) is 3.91. The summed E-state index contributed by atoms with van der Waals surface area (Å²) in [5, 5.41) is 8.44. The van der Waals surface area contributed by atoms with Gasteiger partial charge in [0.05, 0.1) is 12.1 Å². The fourth-order valence-corrected chi connectivity index (χ4v) is 3.91. The van der Waals surface area contributed by atoms with Crippen molar-refractivity contribution < 1.29 is 4.79 Å². The van der Waals surface area contributed by atoms with Crippen LogP contribution in [0.2, 0.25) is 0 Å². The normalized spacial score (nSPS) is 14.0. The van der Waals surface area contributed by atoms with Crippen LogP contribution in [0.25, 0.3) is 16.6 Å². The van der Waals surface area contributed by atoms with Crippen LogP contribution >= 0.6 is 0 Å². The van der Waals surface area contributed by atoms with Gasteiger partial charge in [0.25, 0.3) is 5.91 Å². The lowest BCUT2D eigenvalue weighted by molar-refractivity contribution is 0.0773. The van der Waals surface area contributed by atoms with Gasteiger partial charge in [0.15, 0.2) is 0 Å². The Morgan fingerprint density at radius 1 is 0.900 bits per heavy atom. The van der Waals surface area contributed by atoms with Crippen molar-refractivity contribution in [3.05, 3.63) is 102 Å². The zero-order valence-corrected chi connectivity index (χ0v) is 16.6. The molecule has 1 aliphatic heterocycles. The van der Waals surface area contributed by atoms with Crippen molar-refractivity contribution in [1.29, 1.82) is 0 Å². The molecule has 3 aromatic carbocycles. The molecule has 0 aliphatic carbocycles. The minimum absolute atomic E-state index is 0.0797. The first-order chi connectivity index (χ1) is 14.8. The van der Waals surface area contributed by atoms with Crippen LogP contribution in [0.4, 0.5) is 0 Å². The summed E-state index contributed by atoms with van der Waals surface area (Å²) in [5.41, 5.74) is 6.26. The summed E-state index contributed by atoms with van der Waals surface area (Å²) in [5.74, 6) is 0.0797. The minimum atomic E-state index is 0.0797. The van der Waals surface area contributed by atoms with E-state index in [1.165, 1.54) is 11.1 Å². The summed E-state index contributed by atoms with van der Waals surface area (Å²) in [6.07, 6.45) is 3.05. The third kappa shape index (κ3) is 3.62. The number of carbonyl (C=O) groups is 1. The second-order valence-corrected chi connectivity index (χ2v) is 7.53. The van der Waals surface area contributed by atoms with Gasteiger partial charge in [-0.2, -0.15) is 0 Å². The summed E-state index contributed by atoms with van der Waals surface area (Å²) in [4.78, 5) is 14.8. The lowest BCUT2D eigenvalue weighted by Gasteiger charge is -2.27. The summed E-state index contributed by atoms with van der Waals surface area (Å²) in [6.45, 7) is 2.02. The Labute approximate surface area is 175 Å². The molecule has 0 N–H and O–H groups in total. The number of para-hydroxylation sites is 1. The first-order valence-electron chi connectivity index (χ1n) is 10.2. The average Bonchev–Trinajstić information content (AvgIpc) is 3.23. The summed E-state index contributed by atoms with van der Waals surface area (Å²) in [6, 6.07) is 26.1. The van der Waals surface area contributed by atoms with Crippen molar-refractivity contribution in [2.24, 2.45) is 0 Å². The molecule has 5 heteroatoms. The highest BCUT2D eigenvalue weighted by atomic mass is 16.2. The van der Waals surface area contributed by atoms with Crippen LogP contribution in [0.3, 0.4) is 0 Å². The second kappa shape index (κ2) is 7.95. The minimum Gasteiger partial charge on any atom is -0.335 e. The number of fused-ring (bicyclic) bond motifs is 1. The average molecular weight is 394 g/mol. The highest BCUT2D eigenvalue weighted by Crippen LogP contribution is 2.23. The Hall–Kier alpha value is -3.73. The maximum atomic E-state index is 12.9. The fraction of sp³-hybridized carbons (Fsp3) is 0.160. The third-order valence-electron chi connectivity index (χ3n) is 5.59. The van der Waals surface area contributed by atoms with Crippen molar-refractivity contribution in [1.82, 2.24) is 19.9 Å². The van der Waals surface area contributed by atoms with E-state index in [1.54, 1.807) is 0 Å². The van der Waals surface area contributed by atoms with E-state index in [0.29, 0.717) is 13.1 Å². The van der Waals surface area contributed by atoms with Gasteiger partial charge in [-0.15, -0.1) is 5.10 Å². The number of hydrogen-bond donors (Lipinski definition) is 0. The molecular formula is C25H22N4O. The summed E-state index contributed by atoms with van der Waals surface area (Å²) >= 11 is 0. The summed E-state index contributed by atoms with van der Waals surface area (Å²) < 4.78 is 1.88. The molecule has 0 spiro atoms. The van der Waals surface area contributed by atoms with Gasteiger partial charge in [-0.25, -0.2) is 4.68 Å². The predicted octanol–water partition coefficient (Wildman–Crippen LogP) is 4.41. The number of amides is 1. The molecule has 1 aliphatic rings. The molecule has 5 rings (SSSR count). The topological polar surface area (TPSA) is 51.0 Å². The molecule has 2 heterocycles. The van der Waals surface area contributed by atoms with Crippen LogP contribution in [0.15, 0.2) is 84.9 Å². The smallest absolute Gasteiger partial charge is 0.254 e. The zero-order chi connectivity index (χ0) is 20.3. The molecule has 0 unspecified atom stereocenters. The van der Waals surface area contributed by atoms with Crippen molar-refractivity contribution in [3.8, 4) is 0 Å². The maximum Gasteiger partial charge on any atom is 0.254 e. The number of aromatic nitrogens is 3. The molecule has 30 heavy (non-hydrogen) atoms. The van der Waals surface area contributed by atoms with Gasteiger partial charge in [0, 0.05) is 18.7 Å². The monoisotopic (exact) mass is 394 g/mol. The second-order valence-electron chi connectivity index (χ2n) is 7.53. The molecule has 5 nitrogen and oxygen atoms in total. The lowest BCUT2D eigenvalue weighted by atomic mass is 9.99. The van der Waals surface area contributed by atoms with Crippen LogP contribution in [-0.4, -0.2) is 38.9 Å². The Morgan fingerprint density at radius 3 is 2.43 bits per heavy atom. The van der Waals surface area contributed by atoms with Gasteiger partial charge in [0.2, 0.25) is 0 Å². The molecule has 148 valence electrons. The van der Waals surface area contributed by atoms with Crippen molar-refractivity contribution in [3.63, 3.8) is 0 Å². The van der Waals surface area contributed by atoms with Gasteiger partial charge in [0.1, 0.15) is 5.52 Å². The van der Waals surface area contributed by atoms with Crippen LogP contribution in [0, 0.1) is 0 Å². The first-order valence-corrected chi connectivity index (χ1v) is 10.2. The largest absolute Gasteiger partial charge is 0.335 e. The molecule has 1 aromatic heterocycles. The van der Waals surface area contributed by atoms with Crippen LogP contribution < -0.4 is 0 Å². The number of carbonyl (C=O) groups excluding carboxylic acids is 1. The van der Waals surface area contributed by atoms with E-state index < -0.39 is 0 Å². The maximum absolute atomic E-state index is 12.9. The zero-order valence-electron chi connectivity index (χ0n) is 16.6. The van der Waals surface area contributed by atoms with Crippen molar-refractivity contribution >= 4 is 22.5 Å². The molecule has 1 amide bonds. The Balaban J connectivity index is 1.26. The van der Waals surface area contributed by atoms with E-state index >= 15 is 0 Å². The van der Waals surface area contributed by atoms with Gasteiger partial charge < -0.3 is 4.90 Å². The Kier molecular flexibility index (Phi) is 4.85. The summed E-state index contributed by atoms with van der Waals surface area (Å²) in [7, 11) is 0. The van der Waals surface area contributed by atoms with E-state index in [4.69, 9.17) is 0 Å². The van der Waals surface area contributed by atoms with Crippen LogP contribution in [0.1, 0.15) is 27.9 Å². The van der Waals surface area contributed by atoms with E-state index in [-0.39, 0.29) is 5.91 Å². The highest BCUT2D eigenvalue weighted by molar-refractivity contribution is 5.94. The highest BCUT2D eigenvalue weighted by Gasteiger charge is 2.19. The van der Waals surface area contributed by atoms with Gasteiger partial charge >= 0.3 is 0 Å². The molecule has 0 fully saturated rings. The van der Waals surface area contributed by atoms with Gasteiger partial charge in [-0.1, -0.05) is 65.9 Å².